The van der Waals surface area contributed by atoms with Crippen LogP contribution in [0.4, 0.5) is 25.3 Å². The van der Waals surface area contributed by atoms with Crippen LogP contribution >= 0.6 is 11.3 Å². The molecule has 27 heavy (non-hydrogen) atoms. The van der Waals surface area contributed by atoms with Crippen molar-refractivity contribution in [2.45, 2.75) is 6.92 Å². The van der Waals surface area contributed by atoms with Crippen LogP contribution in [0.3, 0.4) is 0 Å². The van der Waals surface area contributed by atoms with Gasteiger partial charge in [0.05, 0.1) is 23.3 Å². The lowest BCUT2D eigenvalue weighted by Crippen LogP contribution is -2.23. The van der Waals surface area contributed by atoms with Crippen LogP contribution < -0.4 is 9.91 Å². The van der Waals surface area contributed by atoms with Gasteiger partial charge >= 0.3 is 0 Å². The summed E-state index contributed by atoms with van der Waals surface area (Å²) in [4.78, 5) is 17.5. The number of hydrogen-bond acceptors (Lipinski definition) is 5. The fourth-order valence-electron chi connectivity index (χ4n) is 2.36. The van der Waals surface area contributed by atoms with Crippen molar-refractivity contribution in [1.29, 1.82) is 0 Å². The molecule has 0 N–H and O–H groups in total. The Balaban J connectivity index is 1.84. The number of benzene rings is 2. The summed E-state index contributed by atoms with van der Waals surface area (Å²) in [6.45, 7) is 1.29. The third-order valence-electron chi connectivity index (χ3n) is 3.66. The van der Waals surface area contributed by atoms with Gasteiger partial charge in [0.25, 0.3) is 0 Å². The lowest BCUT2D eigenvalue weighted by atomic mass is 10.2. The molecular formula is C19H16F2N4OS. The number of thiazole rings is 1. The zero-order valence-corrected chi connectivity index (χ0v) is 15.5. The Morgan fingerprint density at radius 1 is 1.19 bits per heavy atom. The van der Waals surface area contributed by atoms with Gasteiger partial charge in [-0.05, 0) is 24.3 Å². The molecule has 0 aliphatic heterocycles. The normalized spacial score (nSPS) is 11.0. The quantitative estimate of drug-likeness (QED) is 0.477. The second kappa shape index (κ2) is 8.05. The van der Waals surface area contributed by atoms with Crippen LogP contribution in [-0.2, 0) is 4.79 Å². The lowest BCUT2D eigenvalue weighted by molar-refractivity contribution is -0.115. The van der Waals surface area contributed by atoms with Gasteiger partial charge in [-0.3, -0.25) is 14.7 Å². The molecule has 5 nitrogen and oxygen atoms in total. The summed E-state index contributed by atoms with van der Waals surface area (Å²) < 4.78 is 27.3. The van der Waals surface area contributed by atoms with E-state index in [0.717, 1.165) is 34.1 Å². The van der Waals surface area contributed by atoms with E-state index in [4.69, 9.17) is 0 Å². The Hall–Kier alpha value is -3.13. The minimum atomic E-state index is -0.834. The molecule has 0 saturated heterocycles. The van der Waals surface area contributed by atoms with E-state index in [-0.39, 0.29) is 10.8 Å². The maximum atomic E-state index is 14.1. The molecule has 138 valence electrons. The van der Waals surface area contributed by atoms with E-state index < -0.39 is 17.5 Å². The monoisotopic (exact) mass is 386 g/mol. The van der Waals surface area contributed by atoms with E-state index in [1.807, 2.05) is 30.3 Å². The van der Waals surface area contributed by atoms with Gasteiger partial charge in [0.15, 0.2) is 5.13 Å². The fourth-order valence-corrected chi connectivity index (χ4v) is 3.19. The number of halogens is 2. The highest BCUT2D eigenvalue weighted by atomic mass is 32.1. The Morgan fingerprint density at radius 2 is 1.93 bits per heavy atom. The van der Waals surface area contributed by atoms with Gasteiger partial charge in [-0.25, -0.2) is 13.8 Å². The number of carbonyl (C=O) groups excluding carboxylic acids is 1. The highest BCUT2D eigenvalue weighted by Gasteiger charge is 2.21. The first-order chi connectivity index (χ1) is 13.0. The molecule has 0 bridgehead atoms. The molecule has 0 aliphatic rings. The SMILES string of the molecule is CC(=O)N(c1nc(/C=N\N(C)c2ccccc2)cs1)c1ccc(F)cc1F. The minimum absolute atomic E-state index is 0.0526. The molecule has 1 amide bonds. The third kappa shape index (κ3) is 4.35. The Kier molecular flexibility index (Phi) is 5.56. The lowest BCUT2D eigenvalue weighted by Gasteiger charge is -2.18. The summed E-state index contributed by atoms with van der Waals surface area (Å²) in [5.74, 6) is -1.98. The molecule has 0 radical (unpaired) electrons. The molecule has 0 unspecified atom stereocenters. The van der Waals surface area contributed by atoms with Gasteiger partial charge in [-0.15, -0.1) is 11.3 Å². The molecule has 8 heteroatoms. The second-order valence-electron chi connectivity index (χ2n) is 5.61. The van der Waals surface area contributed by atoms with Gasteiger partial charge in [-0.1, -0.05) is 18.2 Å². The molecule has 0 spiro atoms. The summed E-state index contributed by atoms with van der Waals surface area (Å²) in [5, 5.41) is 7.97. The average Bonchev–Trinajstić information content (AvgIpc) is 3.10. The Labute approximate surface area is 159 Å². The average molecular weight is 386 g/mol. The van der Waals surface area contributed by atoms with E-state index in [9.17, 15) is 13.6 Å². The Bertz CT molecular complexity index is 975. The van der Waals surface area contributed by atoms with E-state index in [1.165, 1.54) is 13.0 Å². The van der Waals surface area contributed by atoms with Crippen molar-refractivity contribution < 1.29 is 13.6 Å². The van der Waals surface area contributed by atoms with Crippen LogP contribution in [0.15, 0.2) is 59.0 Å². The third-order valence-corrected chi connectivity index (χ3v) is 4.50. The van der Waals surface area contributed by atoms with Crippen LogP contribution in [0.1, 0.15) is 12.6 Å². The van der Waals surface area contributed by atoms with Crippen LogP contribution in [0.5, 0.6) is 0 Å². The predicted octanol–water partition coefficient (Wildman–Crippen LogP) is 4.58. The van der Waals surface area contributed by atoms with E-state index >= 15 is 0 Å². The van der Waals surface area contributed by atoms with Crippen molar-refractivity contribution in [2.75, 3.05) is 17.0 Å². The molecular weight excluding hydrogens is 370 g/mol. The van der Waals surface area contributed by atoms with E-state index in [1.54, 1.807) is 23.7 Å². The van der Waals surface area contributed by atoms with Crippen LogP contribution in [0.25, 0.3) is 0 Å². The molecule has 2 aromatic carbocycles. The van der Waals surface area contributed by atoms with Crippen molar-refractivity contribution in [3.05, 3.63) is 71.2 Å². The molecule has 0 fully saturated rings. The van der Waals surface area contributed by atoms with Crippen LogP contribution in [-0.4, -0.2) is 24.2 Å². The van der Waals surface area contributed by atoms with Gasteiger partial charge < -0.3 is 0 Å². The van der Waals surface area contributed by atoms with Gasteiger partial charge in [-0.2, -0.15) is 5.10 Å². The number of para-hydroxylation sites is 1. The zero-order chi connectivity index (χ0) is 19.4. The molecule has 3 rings (SSSR count). The maximum absolute atomic E-state index is 14.1. The van der Waals surface area contributed by atoms with Gasteiger partial charge in [0, 0.05) is 25.4 Å². The molecule has 1 aromatic heterocycles. The van der Waals surface area contributed by atoms with Gasteiger partial charge in [0.1, 0.15) is 11.6 Å². The minimum Gasteiger partial charge on any atom is -0.274 e. The molecule has 0 aliphatic carbocycles. The molecule has 1 heterocycles. The summed E-state index contributed by atoms with van der Waals surface area (Å²) in [5.41, 5.74) is 1.37. The topological polar surface area (TPSA) is 48.8 Å². The zero-order valence-electron chi connectivity index (χ0n) is 14.6. The highest BCUT2D eigenvalue weighted by Crippen LogP contribution is 2.31. The van der Waals surface area contributed by atoms with E-state index in [2.05, 4.69) is 10.1 Å². The molecule has 0 atom stereocenters. The summed E-state index contributed by atoms with van der Waals surface area (Å²) in [7, 11) is 1.80. The van der Waals surface area contributed by atoms with Crippen molar-refractivity contribution in [1.82, 2.24) is 4.98 Å². The predicted molar refractivity (Wildman–Crippen MR) is 104 cm³/mol. The van der Waals surface area contributed by atoms with Gasteiger partial charge in [0.2, 0.25) is 5.91 Å². The maximum Gasteiger partial charge on any atom is 0.230 e. The smallest absolute Gasteiger partial charge is 0.230 e. The largest absolute Gasteiger partial charge is 0.274 e. The number of hydrazone groups is 1. The highest BCUT2D eigenvalue weighted by molar-refractivity contribution is 7.14. The molecule has 3 aromatic rings. The summed E-state index contributed by atoms with van der Waals surface area (Å²) in [6.07, 6.45) is 1.55. The summed E-state index contributed by atoms with van der Waals surface area (Å²) >= 11 is 1.16. The number of carbonyl (C=O) groups is 1. The van der Waals surface area contributed by atoms with Crippen molar-refractivity contribution in [3.8, 4) is 0 Å². The number of anilines is 3. The number of nitrogens with zero attached hydrogens (tertiary/aromatic N) is 4. The Morgan fingerprint density at radius 3 is 2.59 bits per heavy atom. The first-order valence-electron chi connectivity index (χ1n) is 8.00. The number of hydrogen-bond donors (Lipinski definition) is 0. The van der Waals surface area contributed by atoms with Crippen molar-refractivity contribution in [2.24, 2.45) is 5.10 Å². The number of aromatic nitrogens is 1. The first kappa shape index (κ1) is 18.7. The molecule has 0 saturated carbocycles. The van der Waals surface area contributed by atoms with Crippen molar-refractivity contribution in [3.63, 3.8) is 0 Å². The van der Waals surface area contributed by atoms with Crippen molar-refractivity contribution >= 4 is 40.0 Å². The van der Waals surface area contributed by atoms with Crippen LogP contribution in [0, 0.1) is 11.6 Å². The first-order valence-corrected chi connectivity index (χ1v) is 8.87. The second-order valence-corrected chi connectivity index (χ2v) is 6.45. The standard InChI is InChI=1S/C19H16F2N4OS/c1-13(26)25(18-9-8-14(20)10-17(18)21)19-23-15(12-27-19)11-22-24(2)16-6-4-3-5-7-16/h3-12H,1-2H3/b22-11-. The number of amides is 1. The number of rotatable bonds is 5. The summed E-state index contributed by atoms with van der Waals surface area (Å²) in [6, 6.07) is 12.6. The fraction of sp³-hybridized carbons (Fsp3) is 0.105. The van der Waals surface area contributed by atoms with E-state index in [0.29, 0.717) is 5.69 Å². The van der Waals surface area contributed by atoms with Crippen LogP contribution in [0.2, 0.25) is 0 Å².